The molecule has 0 radical (unpaired) electrons. The third-order valence-corrected chi connectivity index (χ3v) is 3.52. The highest BCUT2D eigenvalue weighted by Crippen LogP contribution is 2.30. The minimum Gasteiger partial charge on any atom is -0.489 e. The molecular weight excluding hydrogens is 286 g/mol. The Morgan fingerprint density at radius 3 is 2.67 bits per heavy atom. The maximum absolute atomic E-state index is 13.3. The second-order valence-corrected chi connectivity index (χ2v) is 5.72. The van der Waals surface area contributed by atoms with Gasteiger partial charge in [-0.3, -0.25) is 4.90 Å². The zero-order valence-corrected chi connectivity index (χ0v) is 12.1. The number of likely N-dealkylation sites (tertiary alicyclic amines) is 1. The summed E-state index contributed by atoms with van der Waals surface area (Å²) in [5.74, 6) is 0.191. The van der Waals surface area contributed by atoms with Gasteiger partial charge >= 0.3 is 6.18 Å². The van der Waals surface area contributed by atoms with Crippen molar-refractivity contribution in [2.24, 2.45) is 0 Å². The summed E-state index contributed by atoms with van der Waals surface area (Å²) < 4.78 is 56.1. The van der Waals surface area contributed by atoms with Crippen molar-refractivity contribution >= 4 is 0 Å². The SMILES string of the molecule is CC(C)c1ccc(F)cc1O[C@@H]1CCN(CC(F)(F)F)C1. The normalized spacial score (nSPS) is 20.2. The van der Waals surface area contributed by atoms with Crippen molar-refractivity contribution < 1.29 is 22.3 Å². The Labute approximate surface area is 121 Å². The molecule has 1 atom stereocenters. The highest BCUT2D eigenvalue weighted by Gasteiger charge is 2.35. The lowest BCUT2D eigenvalue weighted by Crippen LogP contribution is -2.33. The zero-order valence-electron chi connectivity index (χ0n) is 12.1. The Morgan fingerprint density at radius 1 is 1.33 bits per heavy atom. The minimum atomic E-state index is -4.20. The molecular formula is C15H19F4NO. The first-order valence-electron chi connectivity index (χ1n) is 7.00. The molecule has 1 heterocycles. The minimum absolute atomic E-state index is 0.160. The molecule has 6 heteroatoms. The molecule has 1 fully saturated rings. The maximum Gasteiger partial charge on any atom is 0.401 e. The largest absolute Gasteiger partial charge is 0.489 e. The summed E-state index contributed by atoms with van der Waals surface area (Å²) in [4.78, 5) is 1.32. The summed E-state index contributed by atoms with van der Waals surface area (Å²) in [7, 11) is 0. The lowest BCUT2D eigenvalue weighted by molar-refractivity contribution is -0.144. The van der Waals surface area contributed by atoms with Crippen molar-refractivity contribution in [2.75, 3.05) is 19.6 Å². The van der Waals surface area contributed by atoms with Gasteiger partial charge in [0.2, 0.25) is 0 Å². The van der Waals surface area contributed by atoms with Crippen LogP contribution < -0.4 is 4.74 Å². The first-order chi connectivity index (χ1) is 9.74. The monoisotopic (exact) mass is 305 g/mol. The van der Waals surface area contributed by atoms with Crippen LogP contribution in [0.3, 0.4) is 0 Å². The number of nitrogens with zero attached hydrogens (tertiary/aromatic N) is 1. The van der Waals surface area contributed by atoms with Crippen molar-refractivity contribution in [3.63, 3.8) is 0 Å². The fourth-order valence-corrected chi connectivity index (χ4v) is 2.56. The van der Waals surface area contributed by atoms with E-state index in [0.717, 1.165) is 5.56 Å². The van der Waals surface area contributed by atoms with Crippen LogP contribution in [-0.4, -0.2) is 36.8 Å². The molecule has 1 aliphatic heterocycles. The topological polar surface area (TPSA) is 12.5 Å². The van der Waals surface area contributed by atoms with E-state index in [-0.39, 0.29) is 18.6 Å². The van der Waals surface area contributed by atoms with Gasteiger partial charge in [0.25, 0.3) is 0 Å². The third kappa shape index (κ3) is 4.59. The van der Waals surface area contributed by atoms with E-state index in [1.54, 1.807) is 6.07 Å². The van der Waals surface area contributed by atoms with Gasteiger partial charge in [-0.25, -0.2) is 4.39 Å². The molecule has 1 saturated heterocycles. The lowest BCUT2D eigenvalue weighted by Gasteiger charge is -2.20. The third-order valence-electron chi connectivity index (χ3n) is 3.52. The van der Waals surface area contributed by atoms with Crippen LogP contribution in [0.1, 0.15) is 31.7 Å². The molecule has 0 bridgehead atoms. The number of hydrogen-bond acceptors (Lipinski definition) is 2. The molecule has 2 nitrogen and oxygen atoms in total. The summed E-state index contributed by atoms with van der Waals surface area (Å²) in [5.41, 5.74) is 0.866. The van der Waals surface area contributed by atoms with Gasteiger partial charge in [0, 0.05) is 19.2 Å². The van der Waals surface area contributed by atoms with Crippen molar-refractivity contribution in [2.45, 2.75) is 38.5 Å². The quantitative estimate of drug-likeness (QED) is 0.781. The summed E-state index contributed by atoms with van der Waals surface area (Å²) in [6, 6.07) is 4.34. The molecule has 0 aliphatic carbocycles. The van der Waals surface area contributed by atoms with Gasteiger partial charge in [-0.15, -0.1) is 0 Å². The van der Waals surface area contributed by atoms with E-state index in [2.05, 4.69) is 0 Å². The van der Waals surface area contributed by atoms with E-state index in [9.17, 15) is 17.6 Å². The van der Waals surface area contributed by atoms with Crippen LogP contribution in [0.5, 0.6) is 5.75 Å². The first kappa shape index (κ1) is 16.1. The van der Waals surface area contributed by atoms with Crippen LogP contribution in [0.15, 0.2) is 18.2 Å². The first-order valence-corrected chi connectivity index (χ1v) is 7.00. The van der Waals surface area contributed by atoms with E-state index in [1.807, 2.05) is 13.8 Å². The molecule has 21 heavy (non-hydrogen) atoms. The van der Waals surface area contributed by atoms with Gasteiger partial charge in [-0.2, -0.15) is 13.2 Å². The number of alkyl halides is 3. The Bertz CT molecular complexity index is 487. The molecule has 2 rings (SSSR count). The molecule has 1 aliphatic rings. The van der Waals surface area contributed by atoms with Crippen molar-refractivity contribution in [3.8, 4) is 5.75 Å². The smallest absolute Gasteiger partial charge is 0.401 e. The molecule has 0 unspecified atom stereocenters. The molecule has 0 aromatic heterocycles. The molecule has 0 spiro atoms. The second kappa shape index (κ2) is 6.22. The second-order valence-electron chi connectivity index (χ2n) is 5.72. The highest BCUT2D eigenvalue weighted by atomic mass is 19.4. The molecule has 1 aromatic rings. The van der Waals surface area contributed by atoms with Gasteiger partial charge < -0.3 is 4.74 Å². The van der Waals surface area contributed by atoms with Crippen molar-refractivity contribution in [1.29, 1.82) is 0 Å². The average molecular weight is 305 g/mol. The van der Waals surface area contributed by atoms with Crippen LogP contribution in [-0.2, 0) is 0 Å². The van der Waals surface area contributed by atoms with Crippen molar-refractivity contribution in [3.05, 3.63) is 29.6 Å². The lowest BCUT2D eigenvalue weighted by atomic mass is 10.0. The van der Waals surface area contributed by atoms with Gasteiger partial charge in [0.15, 0.2) is 0 Å². The van der Waals surface area contributed by atoms with E-state index in [0.29, 0.717) is 18.7 Å². The fourth-order valence-electron chi connectivity index (χ4n) is 2.56. The molecule has 0 N–H and O–H groups in total. The Hall–Kier alpha value is -1.30. The average Bonchev–Trinajstić information content (AvgIpc) is 2.73. The summed E-state index contributed by atoms with van der Waals surface area (Å²) >= 11 is 0. The summed E-state index contributed by atoms with van der Waals surface area (Å²) in [6.07, 6.45) is -4.01. The highest BCUT2D eigenvalue weighted by molar-refractivity contribution is 5.36. The van der Waals surface area contributed by atoms with E-state index in [4.69, 9.17) is 4.74 Å². The molecule has 0 saturated carbocycles. The van der Waals surface area contributed by atoms with E-state index < -0.39 is 18.5 Å². The maximum atomic E-state index is 13.3. The number of halogens is 4. The van der Waals surface area contributed by atoms with Gasteiger partial charge in [-0.05, 0) is 24.0 Å². The molecule has 118 valence electrons. The number of ether oxygens (including phenoxy) is 1. The molecule has 1 aromatic carbocycles. The summed E-state index contributed by atoms with van der Waals surface area (Å²) in [6.45, 7) is 3.56. The number of benzene rings is 1. The number of hydrogen-bond donors (Lipinski definition) is 0. The standard InChI is InChI=1S/C15H19F4NO/c1-10(2)13-4-3-11(16)7-14(13)21-12-5-6-20(8-12)9-15(17,18)19/h3-4,7,10,12H,5-6,8-9H2,1-2H3/t12-/m1/s1. The fraction of sp³-hybridized carbons (Fsp3) is 0.600. The van der Waals surface area contributed by atoms with Crippen LogP contribution in [0.25, 0.3) is 0 Å². The van der Waals surface area contributed by atoms with Gasteiger partial charge in [0.05, 0.1) is 6.54 Å². The number of rotatable bonds is 4. The summed E-state index contributed by atoms with van der Waals surface area (Å²) in [5, 5.41) is 0. The Balaban J connectivity index is 2.02. The van der Waals surface area contributed by atoms with Crippen molar-refractivity contribution in [1.82, 2.24) is 4.90 Å². The predicted molar refractivity (Wildman–Crippen MR) is 72.0 cm³/mol. The van der Waals surface area contributed by atoms with E-state index >= 15 is 0 Å². The van der Waals surface area contributed by atoms with Crippen LogP contribution >= 0.6 is 0 Å². The zero-order chi connectivity index (χ0) is 15.6. The van der Waals surface area contributed by atoms with Gasteiger partial charge in [-0.1, -0.05) is 19.9 Å². The predicted octanol–water partition coefficient (Wildman–Crippen LogP) is 3.96. The van der Waals surface area contributed by atoms with Crippen LogP contribution in [0.2, 0.25) is 0 Å². The van der Waals surface area contributed by atoms with Gasteiger partial charge in [0.1, 0.15) is 17.7 Å². The molecule has 0 amide bonds. The Kier molecular flexibility index (Phi) is 4.76. The van der Waals surface area contributed by atoms with Crippen LogP contribution in [0.4, 0.5) is 17.6 Å². The van der Waals surface area contributed by atoms with Crippen LogP contribution in [0, 0.1) is 5.82 Å². The Morgan fingerprint density at radius 2 is 2.05 bits per heavy atom. The van der Waals surface area contributed by atoms with E-state index in [1.165, 1.54) is 17.0 Å².